The Hall–Kier alpha value is -6.17. The second-order valence-electron chi connectivity index (χ2n) is 16.9. The quantitative estimate of drug-likeness (QED) is 0.154. The molecule has 0 saturated carbocycles. The van der Waals surface area contributed by atoms with Crippen LogP contribution in [0.25, 0.3) is 0 Å². The minimum Gasteiger partial charge on any atom is -0.465 e. The summed E-state index contributed by atoms with van der Waals surface area (Å²) < 4.78 is 10.3. The summed E-state index contributed by atoms with van der Waals surface area (Å²) in [4.78, 5) is 73.2. The molecule has 1 heterocycles. The first-order valence-corrected chi connectivity index (χ1v) is 20.6. The normalized spacial score (nSPS) is 16.9. The van der Waals surface area contributed by atoms with Crippen molar-refractivity contribution in [2.75, 3.05) is 26.1 Å². The van der Waals surface area contributed by atoms with Gasteiger partial charge in [-0.15, -0.1) is 0 Å². The van der Waals surface area contributed by atoms with E-state index in [9.17, 15) is 19.2 Å². The highest BCUT2D eigenvalue weighted by Gasteiger charge is 2.40. The van der Waals surface area contributed by atoms with Crippen LogP contribution < -0.4 is 15.5 Å². The summed E-state index contributed by atoms with van der Waals surface area (Å²) >= 11 is 0. The number of methoxy groups -OCH3 is 1. The van der Waals surface area contributed by atoms with E-state index >= 15 is 4.79 Å². The minimum atomic E-state index is -1.07. The number of anilines is 1. The zero-order chi connectivity index (χ0) is 43.1. The first-order chi connectivity index (χ1) is 28.6. The Bertz CT molecular complexity index is 2180. The van der Waals surface area contributed by atoms with Gasteiger partial charge in [0.2, 0.25) is 17.7 Å². The number of rotatable bonds is 12. The molecule has 2 aliphatic rings. The van der Waals surface area contributed by atoms with Gasteiger partial charge in [-0.1, -0.05) is 72.8 Å². The Morgan fingerprint density at radius 1 is 0.833 bits per heavy atom. The van der Waals surface area contributed by atoms with Crippen molar-refractivity contribution >= 4 is 35.5 Å². The Morgan fingerprint density at radius 3 is 2.13 bits per heavy atom. The van der Waals surface area contributed by atoms with Crippen molar-refractivity contribution < 1.29 is 33.4 Å². The molecule has 1 aliphatic carbocycles. The maximum Gasteiger partial charge on any atom is 0.410 e. The average molecular weight is 816 g/mol. The van der Waals surface area contributed by atoms with E-state index in [4.69, 9.17) is 9.47 Å². The fourth-order valence-electron chi connectivity index (χ4n) is 7.87. The van der Waals surface area contributed by atoms with Gasteiger partial charge < -0.3 is 29.9 Å². The van der Waals surface area contributed by atoms with E-state index in [1.54, 1.807) is 44.7 Å². The predicted molar refractivity (Wildman–Crippen MR) is 230 cm³/mol. The second kappa shape index (κ2) is 18.8. The molecule has 6 rings (SSSR count). The fraction of sp³-hybridized carbons (Fsp3) is 0.396. The van der Waals surface area contributed by atoms with Gasteiger partial charge in [0.15, 0.2) is 0 Å². The Kier molecular flexibility index (Phi) is 13.6. The molecule has 12 heteroatoms. The lowest BCUT2D eigenvalue weighted by Crippen LogP contribution is -2.60. The van der Waals surface area contributed by atoms with E-state index in [2.05, 4.69) is 27.7 Å². The molecule has 0 radical (unpaired) electrons. The molecule has 60 heavy (non-hydrogen) atoms. The zero-order valence-corrected chi connectivity index (χ0v) is 35.7. The number of carbonyl (C=O) groups excluding carboxylic acids is 5. The van der Waals surface area contributed by atoms with Crippen molar-refractivity contribution in [3.05, 3.63) is 136 Å². The molecule has 4 amide bonds. The van der Waals surface area contributed by atoms with E-state index < -0.39 is 47.6 Å². The molecule has 0 bridgehead atoms. The van der Waals surface area contributed by atoms with Crippen molar-refractivity contribution in [3.63, 3.8) is 0 Å². The molecule has 4 aromatic rings. The van der Waals surface area contributed by atoms with Crippen LogP contribution in [0.5, 0.6) is 0 Å². The Balaban J connectivity index is 1.26. The molecule has 0 fully saturated rings. The molecular formula is C48H57N5O7. The van der Waals surface area contributed by atoms with Gasteiger partial charge >= 0.3 is 12.1 Å². The third-order valence-corrected chi connectivity index (χ3v) is 11.4. The SMILES string of the molecule is COC(=O)c1ccc(CN(C)c2ccc(CC(NC(=O)C(C)N(C)C(=O)OC(C)(C)C)C(=O)N3Cc4ccccc4CC3C(=O)N[C@@H]3CCCc4ccccc43)cc2)cc1. The zero-order valence-electron chi connectivity index (χ0n) is 35.7. The van der Waals surface area contributed by atoms with Crippen molar-refractivity contribution in [2.24, 2.45) is 0 Å². The molecule has 2 N–H and O–H groups in total. The number of likely N-dealkylation sites (N-methyl/N-ethyl adjacent to an activating group) is 1. The predicted octanol–water partition coefficient (Wildman–Crippen LogP) is 6.54. The van der Waals surface area contributed by atoms with E-state index in [1.165, 1.54) is 24.6 Å². The third-order valence-electron chi connectivity index (χ3n) is 11.4. The highest BCUT2D eigenvalue weighted by molar-refractivity contribution is 5.94. The summed E-state index contributed by atoms with van der Waals surface area (Å²) in [6, 6.07) is 28.0. The van der Waals surface area contributed by atoms with Crippen LogP contribution >= 0.6 is 0 Å². The number of aryl methyl sites for hydroxylation is 1. The lowest BCUT2D eigenvalue weighted by atomic mass is 9.87. The van der Waals surface area contributed by atoms with Crippen molar-refractivity contribution in [2.45, 2.75) is 103 Å². The molecule has 3 unspecified atom stereocenters. The van der Waals surface area contributed by atoms with E-state index in [0.29, 0.717) is 18.5 Å². The highest BCUT2D eigenvalue weighted by Crippen LogP contribution is 2.31. The fourth-order valence-corrected chi connectivity index (χ4v) is 7.87. The molecule has 4 aromatic carbocycles. The van der Waals surface area contributed by atoms with Gasteiger partial charge in [0.05, 0.1) is 18.7 Å². The minimum absolute atomic E-state index is 0.134. The standard InChI is InChI=1S/C48H57N5O7/c1-31(52(6)47(58)60-48(2,3)4)43(54)50-41(27-32-21-25-38(26-22-32)51(5)29-33-19-23-35(24-20-33)46(57)59-7)45(56)53-30-37-15-9-8-14-36(37)28-42(53)44(55)49-40-18-12-16-34-13-10-11-17-39(34)40/h8-11,13-15,17,19-26,31,40-42H,12,16,18,27-30H2,1-7H3,(H,49,55)(H,50,54)/t31?,40-,41?,42?/m1/s1. The molecule has 0 aromatic heterocycles. The summed E-state index contributed by atoms with van der Waals surface area (Å²) in [5.41, 5.74) is 6.68. The van der Waals surface area contributed by atoms with E-state index in [0.717, 1.165) is 52.8 Å². The summed E-state index contributed by atoms with van der Waals surface area (Å²) in [6.45, 7) is 7.61. The lowest BCUT2D eigenvalue weighted by molar-refractivity contribution is -0.145. The van der Waals surface area contributed by atoms with Crippen LogP contribution in [0.4, 0.5) is 10.5 Å². The average Bonchev–Trinajstić information content (AvgIpc) is 3.24. The Morgan fingerprint density at radius 2 is 1.47 bits per heavy atom. The number of fused-ring (bicyclic) bond motifs is 2. The maximum absolute atomic E-state index is 15.0. The molecule has 4 atom stereocenters. The summed E-state index contributed by atoms with van der Waals surface area (Å²) in [7, 11) is 4.80. The van der Waals surface area contributed by atoms with Crippen LogP contribution in [0.3, 0.4) is 0 Å². The highest BCUT2D eigenvalue weighted by atomic mass is 16.6. The van der Waals surface area contributed by atoms with Gasteiger partial charge in [0.25, 0.3) is 0 Å². The monoisotopic (exact) mass is 815 g/mol. The number of esters is 1. The molecule has 1 aliphatic heterocycles. The van der Waals surface area contributed by atoms with Gasteiger partial charge in [-0.25, -0.2) is 9.59 Å². The summed E-state index contributed by atoms with van der Waals surface area (Å²) in [6.07, 6.45) is 2.49. The number of nitrogens with one attached hydrogen (secondary N) is 2. The first-order valence-electron chi connectivity index (χ1n) is 20.6. The van der Waals surface area contributed by atoms with Crippen LogP contribution in [0.1, 0.15) is 90.3 Å². The molecule has 12 nitrogen and oxygen atoms in total. The first kappa shape index (κ1) is 43.4. The van der Waals surface area contributed by atoms with Crippen LogP contribution in [0, 0.1) is 0 Å². The van der Waals surface area contributed by atoms with E-state index in [-0.39, 0.29) is 24.9 Å². The number of hydrogen-bond acceptors (Lipinski definition) is 8. The van der Waals surface area contributed by atoms with Crippen LogP contribution in [0.2, 0.25) is 0 Å². The number of benzene rings is 4. The van der Waals surface area contributed by atoms with Crippen LogP contribution in [-0.4, -0.2) is 84.5 Å². The molecule has 0 spiro atoms. The number of hydrogen-bond donors (Lipinski definition) is 2. The lowest BCUT2D eigenvalue weighted by Gasteiger charge is -2.39. The third kappa shape index (κ3) is 10.5. The molecule has 316 valence electrons. The molecular weight excluding hydrogens is 759 g/mol. The van der Waals surface area contributed by atoms with Gasteiger partial charge in [0, 0.05) is 45.7 Å². The topological polar surface area (TPSA) is 138 Å². The van der Waals surface area contributed by atoms with Crippen molar-refractivity contribution in [1.82, 2.24) is 20.4 Å². The van der Waals surface area contributed by atoms with Gasteiger partial charge in [-0.3, -0.25) is 19.3 Å². The smallest absolute Gasteiger partial charge is 0.410 e. The summed E-state index contributed by atoms with van der Waals surface area (Å²) in [5.74, 6) is -1.56. The Labute approximate surface area is 353 Å². The van der Waals surface area contributed by atoms with Crippen molar-refractivity contribution in [1.29, 1.82) is 0 Å². The maximum atomic E-state index is 15.0. The number of ether oxygens (including phenoxy) is 2. The number of carbonyl (C=O) groups is 5. The number of amides is 4. The second-order valence-corrected chi connectivity index (χ2v) is 16.9. The van der Waals surface area contributed by atoms with Gasteiger partial charge in [-0.2, -0.15) is 0 Å². The summed E-state index contributed by atoms with van der Waals surface area (Å²) in [5, 5.41) is 6.27. The van der Waals surface area contributed by atoms with Crippen LogP contribution in [-0.2, 0) is 56.2 Å². The molecule has 0 saturated heterocycles. The van der Waals surface area contributed by atoms with Gasteiger partial charge in [-0.05, 0) is 105 Å². The van der Waals surface area contributed by atoms with Crippen molar-refractivity contribution in [3.8, 4) is 0 Å². The largest absolute Gasteiger partial charge is 0.465 e. The number of nitrogens with zero attached hydrogens (tertiary/aromatic N) is 3. The van der Waals surface area contributed by atoms with Crippen LogP contribution in [0.15, 0.2) is 97.1 Å². The van der Waals surface area contributed by atoms with Gasteiger partial charge in [0.1, 0.15) is 23.7 Å². The van der Waals surface area contributed by atoms with E-state index in [1.807, 2.05) is 79.8 Å².